The largest absolute Gasteiger partial charge is 0.355 e. The van der Waals surface area contributed by atoms with E-state index in [2.05, 4.69) is 22.3 Å². The van der Waals surface area contributed by atoms with Crippen LogP contribution in [-0.2, 0) is 17.1 Å². The Labute approximate surface area is 165 Å². The summed E-state index contributed by atoms with van der Waals surface area (Å²) in [5, 5.41) is 3.07. The van der Waals surface area contributed by atoms with Gasteiger partial charge in [0.15, 0.2) is 0 Å². The van der Waals surface area contributed by atoms with Crippen LogP contribution in [0.3, 0.4) is 0 Å². The van der Waals surface area contributed by atoms with E-state index >= 15 is 0 Å². The van der Waals surface area contributed by atoms with Gasteiger partial charge in [0.2, 0.25) is 5.91 Å². The van der Waals surface area contributed by atoms with Gasteiger partial charge in [0, 0.05) is 36.7 Å². The number of nitrogens with one attached hydrogen (secondary N) is 1. The molecule has 3 nitrogen and oxygen atoms in total. The zero-order chi connectivity index (χ0) is 18.9. The summed E-state index contributed by atoms with van der Waals surface area (Å²) in [5.41, 5.74) is 2.01. The molecule has 1 aliphatic heterocycles. The number of thioether (sulfide) groups is 1. The molecular weight excluding hydrogens is 359 g/mol. The molecule has 1 saturated heterocycles. The zero-order valence-corrected chi connectivity index (χ0v) is 16.4. The molecule has 1 heterocycles. The SMILES string of the molecule is O=C(NCCSCc1ccccc1)C1CCCN(Cc2ccccc2F)C1. The van der Waals surface area contributed by atoms with Gasteiger partial charge in [-0.25, -0.2) is 4.39 Å². The average Bonchev–Trinajstić information content (AvgIpc) is 2.70. The van der Waals surface area contributed by atoms with Gasteiger partial charge in [-0.3, -0.25) is 9.69 Å². The first kappa shape index (κ1) is 19.9. The van der Waals surface area contributed by atoms with Gasteiger partial charge >= 0.3 is 0 Å². The third kappa shape index (κ3) is 6.36. The van der Waals surface area contributed by atoms with Gasteiger partial charge < -0.3 is 5.32 Å². The quantitative estimate of drug-likeness (QED) is 0.694. The lowest BCUT2D eigenvalue weighted by Gasteiger charge is -2.32. The van der Waals surface area contributed by atoms with E-state index in [1.807, 2.05) is 42.1 Å². The fourth-order valence-electron chi connectivity index (χ4n) is 3.44. The highest BCUT2D eigenvalue weighted by molar-refractivity contribution is 7.98. The first-order valence-electron chi connectivity index (χ1n) is 9.57. The lowest BCUT2D eigenvalue weighted by Crippen LogP contribution is -2.43. The predicted octanol–water partition coefficient (Wildman–Crippen LogP) is 4.09. The maximum atomic E-state index is 13.9. The van der Waals surface area contributed by atoms with Crippen molar-refractivity contribution >= 4 is 17.7 Å². The fraction of sp³-hybridized carbons (Fsp3) is 0.409. The molecule has 0 saturated carbocycles. The Morgan fingerprint density at radius 1 is 1.15 bits per heavy atom. The summed E-state index contributed by atoms with van der Waals surface area (Å²) in [6.45, 7) is 2.89. The monoisotopic (exact) mass is 386 g/mol. The highest BCUT2D eigenvalue weighted by Crippen LogP contribution is 2.20. The summed E-state index contributed by atoms with van der Waals surface area (Å²) in [7, 11) is 0. The number of nitrogens with zero attached hydrogens (tertiary/aromatic N) is 1. The van der Waals surface area contributed by atoms with Crippen molar-refractivity contribution in [3.05, 3.63) is 71.5 Å². The van der Waals surface area contributed by atoms with Crippen LogP contribution in [0.4, 0.5) is 4.39 Å². The minimum Gasteiger partial charge on any atom is -0.355 e. The van der Waals surface area contributed by atoms with Gasteiger partial charge in [0.05, 0.1) is 5.92 Å². The van der Waals surface area contributed by atoms with Crippen molar-refractivity contribution in [3.63, 3.8) is 0 Å². The van der Waals surface area contributed by atoms with Crippen molar-refractivity contribution in [1.82, 2.24) is 10.2 Å². The van der Waals surface area contributed by atoms with Crippen LogP contribution in [0.25, 0.3) is 0 Å². The Kier molecular flexibility index (Phi) is 7.72. The van der Waals surface area contributed by atoms with Crippen LogP contribution in [-0.4, -0.2) is 36.2 Å². The zero-order valence-electron chi connectivity index (χ0n) is 15.6. The molecule has 1 fully saturated rings. The van der Waals surface area contributed by atoms with E-state index in [4.69, 9.17) is 0 Å². The van der Waals surface area contributed by atoms with Crippen LogP contribution in [0.5, 0.6) is 0 Å². The van der Waals surface area contributed by atoms with Gasteiger partial charge in [0.1, 0.15) is 5.82 Å². The maximum absolute atomic E-state index is 13.9. The molecule has 27 heavy (non-hydrogen) atoms. The smallest absolute Gasteiger partial charge is 0.224 e. The van der Waals surface area contributed by atoms with Crippen molar-refractivity contribution in [2.45, 2.75) is 25.1 Å². The number of hydrogen-bond acceptors (Lipinski definition) is 3. The normalized spacial score (nSPS) is 17.6. The second kappa shape index (κ2) is 10.5. The topological polar surface area (TPSA) is 32.3 Å². The Bertz CT molecular complexity index is 725. The number of benzene rings is 2. The summed E-state index contributed by atoms with van der Waals surface area (Å²) in [6, 6.07) is 17.3. The van der Waals surface area contributed by atoms with Gasteiger partial charge in [-0.2, -0.15) is 11.8 Å². The van der Waals surface area contributed by atoms with E-state index in [9.17, 15) is 9.18 Å². The van der Waals surface area contributed by atoms with Crippen LogP contribution in [0.15, 0.2) is 54.6 Å². The number of rotatable bonds is 8. The Hall–Kier alpha value is -1.85. The van der Waals surface area contributed by atoms with Gasteiger partial charge in [-0.15, -0.1) is 0 Å². The van der Waals surface area contributed by atoms with Gasteiger partial charge in [-0.1, -0.05) is 48.5 Å². The molecule has 0 spiro atoms. The molecule has 144 valence electrons. The molecule has 0 radical (unpaired) electrons. The number of likely N-dealkylation sites (tertiary alicyclic amines) is 1. The van der Waals surface area contributed by atoms with E-state index in [1.54, 1.807) is 6.07 Å². The van der Waals surface area contributed by atoms with Crippen LogP contribution >= 0.6 is 11.8 Å². The van der Waals surface area contributed by atoms with Crippen LogP contribution < -0.4 is 5.32 Å². The lowest BCUT2D eigenvalue weighted by atomic mass is 9.96. The van der Waals surface area contributed by atoms with Crippen molar-refractivity contribution in [3.8, 4) is 0 Å². The standard InChI is InChI=1S/C22H27FN2OS/c23-21-11-5-4-9-19(21)15-25-13-6-10-20(16-25)22(26)24-12-14-27-17-18-7-2-1-3-8-18/h1-5,7-9,11,20H,6,10,12-17H2,(H,24,26). The molecule has 2 aromatic rings. The Morgan fingerprint density at radius 2 is 1.93 bits per heavy atom. The molecule has 2 aromatic carbocycles. The molecule has 1 unspecified atom stereocenters. The van der Waals surface area contributed by atoms with E-state index < -0.39 is 0 Å². The van der Waals surface area contributed by atoms with Crippen LogP contribution in [0.1, 0.15) is 24.0 Å². The van der Waals surface area contributed by atoms with E-state index in [0.717, 1.165) is 30.9 Å². The number of carbonyl (C=O) groups excluding carboxylic acids is 1. The molecule has 1 aliphatic rings. The van der Waals surface area contributed by atoms with Gasteiger partial charge in [0.25, 0.3) is 0 Å². The Morgan fingerprint density at radius 3 is 2.74 bits per heavy atom. The number of halogens is 1. The molecule has 0 aliphatic carbocycles. The highest BCUT2D eigenvalue weighted by Gasteiger charge is 2.25. The first-order valence-corrected chi connectivity index (χ1v) is 10.7. The summed E-state index contributed by atoms with van der Waals surface area (Å²) in [4.78, 5) is 14.7. The van der Waals surface area contributed by atoms with Crippen molar-refractivity contribution < 1.29 is 9.18 Å². The number of amides is 1. The number of piperidine rings is 1. The molecular formula is C22H27FN2OS. The molecule has 3 rings (SSSR count). The Balaban J connectivity index is 1.37. The number of carbonyl (C=O) groups is 1. The molecule has 1 atom stereocenters. The van der Waals surface area contributed by atoms with E-state index in [1.165, 1.54) is 11.6 Å². The minimum absolute atomic E-state index is 0.00430. The summed E-state index contributed by atoms with van der Waals surface area (Å²) in [6.07, 6.45) is 1.89. The summed E-state index contributed by atoms with van der Waals surface area (Å²) < 4.78 is 13.9. The van der Waals surface area contributed by atoms with E-state index in [-0.39, 0.29) is 17.6 Å². The van der Waals surface area contributed by atoms with Crippen LogP contribution in [0, 0.1) is 11.7 Å². The highest BCUT2D eigenvalue weighted by atomic mass is 32.2. The number of hydrogen-bond donors (Lipinski definition) is 1. The molecule has 5 heteroatoms. The van der Waals surface area contributed by atoms with Crippen LogP contribution in [0.2, 0.25) is 0 Å². The second-order valence-electron chi connectivity index (χ2n) is 6.99. The van der Waals surface area contributed by atoms with Crippen molar-refractivity contribution in [2.24, 2.45) is 5.92 Å². The van der Waals surface area contributed by atoms with Gasteiger partial charge in [-0.05, 0) is 31.0 Å². The van der Waals surface area contributed by atoms with Crippen molar-refractivity contribution in [1.29, 1.82) is 0 Å². The first-order chi connectivity index (χ1) is 13.2. The predicted molar refractivity (Wildman–Crippen MR) is 110 cm³/mol. The summed E-state index contributed by atoms with van der Waals surface area (Å²) >= 11 is 1.83. The minimum atomic E-state index is -0.167. The van der Waals surface area contributed by atoms with Crippen molar-refractivity contribution in [2.75, 3.05) is 25.4 Å². The maximum Gasteiger partial charge on any atom is 0.224 e. The summed E-state index contributed by atoms with van der Waals surface area (Å²) in [5.74, 6) is 1.85. The molecule has 1 N–H and O–H groups in total. The fourth-order valence-corrected chi connectivity index (χ4v) is 4.25. The van der Waals surface area contributed by atoms with E-state index in [0.29, 0.717) is 25.2 Å². The third-order valence-electron chi connectivity index (χ3n) is 4.89. The second-order valence-corrected chi connectivity index (χ2v) is 8.10. The molecule has 1 amide bonds. The molecule has 0 bridgehead atoms. The molecule has 0 aromatic heterocycles. The third-order valence-corrected chi connectivity index (χ3v) is 5.92. The lowest BCUT2D eigenvalue weighted by molar-refractivity contribution is -0.126. The average molecular weight is 387 g/mol.